The van der Waals surface area contributed by atoms with Gasteiger partial charge in [0.1, 0.15) is 5.82 Å². The van der Waals surface area contributed by atoms with Crippen LogP contribution in [0.15, 0.2) is 42.5 Å². The molecule has 1 fully saturated rings. The number of hydrogen-bond donors (Lipinski definition) is 2. The Morgan fingerprint density at radius 2 is 1.86 bits per heavy atom. The second-order valence-corrected chi connectivity index (χ2v) is 8.06. The molecule has 3 atom stereocenters. The summed E-state index contributed by atoms with van der Waals surface area (Å²) in [5, 5.41) is 7.23. The van der Waals surface area contributed by atoms with Gasteiger partial charge in [-0.25, -0.2) is 9.18 Å². The summed E-state index contributed by atoms with van der Waals surface area (Å²) in [6, 6.07) is 13.7. The molecule has 0 radical (unpaired) electrons. The van der Waals surface area contributed by atoms with Crippen LogP contribution in [0.5, 0.6) is 0 Å². The smallest absolute Gasteiger partial charge is 0.338 e. The van der Waals surface area contributed by atoms with Gasteiger partial charge in [0.2, 0.25) is 0 Å². The normalized spacial score (nSPS) is 24.6. The number of esters is 1. The predicted octanol–water partition coefficient (Wildman–Crippen LogP) is 4.47. The first-order chi connectivity index (χ1) is 13.3. The van der Waals surface area contributed by atoms with E-state index in [2.05, 4.69) is 36.6 Å². The summed E-state index contributed by atoms with van der Waals surface area (Å²) in [7, 11) is 1.31. The van der Waals surface area contributed by atoms with Crippen LogP contribution in [0.25, 0.3) is 0 Å². The van der Waals surface area contributed by atoms with Crippen LogP contribution in [0.1, 0.15) is 48.2 Å². The van der Waals surface area contributed by atoms with E-state index in [9.17, 15) is 9.18 Å². The largest absolute Gasteiger partial charge is 0.465 e. The monoisotopic (exact) mass is 384 g/mol. The van der Waals surface area contributed by atoms with Crippen molar-refractivity contribution in [2.75, 3.05) is 12.4 Å². The zero-order valence-corrected chi connectivity index (χ0v) is 17.0. The lowest BCUT2D eigenvalue weighted by atomic mass is 9.76. The van der Waals surface area contributed by atoms with Gasteiger partial charge in [-0.15, -0.1) is 0 Å². The van der Waals surface area contributed by atoms with Gasteiger partial charge in [0, 0.05) is 23.3 Å². The van der Waals surface area contributed by atoms with Crippen molar-refractivity contribution in [3.8, 4) is 0 Å². The van der Waals surface area contributed by atoms with Gasteiger partial charge in [-0.3, -0.25) is 0 Å². The quantitative estimate of drug-likeness (QED) is 0.747. The molecule has 2 aromatic carbocycles. The SMILES string of the molecule is COC(=O)c1cc(F)cc(N[C@@]2(Cc3ccccc3)C[C@@H](C)N[C@@H](C)C2)c1C. The molecule has 0 unspecified atom stereocenters. The summed E-state index contributed by atoms with van der Waals surface area (Å²) in [4.78, 5) is 12.1. The molecule has 1 aliphatic rings. The zero-order valence-electron chi connectivity index (χ0n) is 17.0. The summed E-state index contributed by atoms with van der Waals surface area (Å²) < 4.78 is 19.1. The molecule has 4 nitrogen and oxygen atoms in total. The fraction of sp³-hybridized carbons (Fsp3) is 0.435. The number of methoxy groups -OCH3 is 1. The summed E-state index contributed by atoms with van der Waals surface area (Å²) in [5.74, 6) is -0.970. The van der Waals surface area contributed by atoms with Crippen LogP contribution < -0.4 is 10.6 Å². The molecule has 0 saturated carbocycles. The van der Waals surface area contributed by atoms with Gasteiger partial charge in [0.15, 0.2) is 0 Å². The second kappa shape index (κ2) is 8.31. The van der Waals surface area contributed by atoms with Gasteiger partial charge in [-0.05, 0) is 63.3 Å². The van der Waals surface area contributed by atoms with E-state index in [0.717, 1.165) is 19.3 Å². The topological polar surface area (TPSA) is 50.4 Å². The Kier molecular flexibility index (Phi) is 6.04. The number of nitrogens with one attached hydrogen (secondary N) is 2. The molecule has 1 aliphatic heterocycles. The van der Waals surface area contributed by atoms with E-state index in [1.54, 1.807) is 0 Å². The highest BCUT2D eigenvalue weighted by atomic mass is 19.1. The standard InChI is InChI=1S/C23H29FN2O2/c1-15-12-23(13-16(2)25-15,14-18-8-6-5-7-9-18)26-21-11-19(24)10-20(17(21)3)22(27)28-4/h5-11,15-16,25-26H,12-14H2,1-4H3/t15-,16+,23+. The van der Waals surface area contributed by atoms with Gasteiger partial charge in [-0.2, -0.15) is 0 Å². The van der Waals surface area contributed by atoms with E-state index in [1.807, 2.05) is 25.1 Å². The van der Waals surface area contributed by atoms with E-state index in [4.69, 9.17) is 4.74 Å². The number of hydrogen-bond acceptors (Lipinski definition) is 4. The molecular weight excluding hydrogens is 355 g/mol. The second-order valence-electron chi connectivity index (χ2n) is 8.06. The number of anilines is 1. The van der Waals surface area contributed by atoms with E-state index >= 15 is 0 Å². The third-order valence-electron chi connectivity index (χ3n) is 5.53. The third-order valence-corrected chi connectivity index (χ3v) is 5.53. The molecule has 1 saturated heterocycles. The predicted molar refractivity (Wildman–Crippen MR) is 110 cm³/mol. The Labute approximate surface area is 166 Å². The Morgan fingerprint density at radius 1 is 1.21 bits per heavy atom. The van der Waals surface area contributed by atoms with Gasteiger partial charge >= 0.3 is 5.97 Å². The number of halogens is 1. The number of ether oxygens (including phenoxy) is 1. The first kappa shape index (κ1) is 20.3. The Bertz CT molecular complexity index is 828. The Hall–Kier alpha value is -2.40. The van der Waals surface area contributed by atoms with Crippen molar-refractivity contribution in [3.63, 3.8) is 0 Å². The van der Waals surface area contributed by atoms with Crippen molar-refractivity contribution in [3.05, 3.63) is 65.0 Å². The molecule has 3 rings (SSSR count). The van der Waals surface area contributed by atoms with E-state index in [-0.39, 0.29) is 11.1 Å². The number of rotatable bonds is 5. The molecule has 0 aromatic heterocycles. The minimum absolute atomic E-state index is 0.239. The average Bonchev–Trinajstić information content (AvgIpc) is 2.63. The maximum atomic E-state index is 14.3. The molecule has 0 spiro atoms. The van der Waals surface area contributed by atoms with Gasteiger partial charge in [-0.1, -0.05) is 30.3 Å². The fourth-order valence-electron chi connectivity index (χ4n) is 4.55. The van der Waals surface area contributed by atoms with Crippen molar-refractivity contribution in [1.29, 1.82) is 0 Å². The lowest BCUT2D eigenvalue weighted by Gasteiger charge is -2.45. The highest BCUT2D eigenvalue weighted by molar-refractivity contribution is 5.92. The number of carbonyl (C=O) groups is 1. The minimum atomic E-state index is -0.524. The summed E-state index contributed by atoms with van der Waals surface area (Å²) in [6.45, 7) is 6.18. The molecule has 5 heteroatoms. The number of piperidine rings is 1. The molecule has 0 amide bonds. The molecule has 28 heavy (non-hydrogen) atoms. The number of carbonyl (C=O) groups excluding carboxylic acids is 1. The van der Waals surface area contributed by atoms with Crippen LogP contribution in [-0.2, 0) is 11.2 Å². The Balaban J connectivity index is 2.00. The van der Waals surface area contributed by atoms with Gasteiger partial charge in [0.05, 0.1) is 12.7 Å². The van der Waals surface area contributed by atoms with E-state index < -0.39 is 11.8 Å². The molecule has 0 bridgehead atoms. The third kappa shape index (κ3) is 4.53. The van der Waals surface area contributed by atoms with Crippen molar-refractivity contribution >= 4 is 11.7 Å². The lowest BCUT2D eigenvalue weighted by Crippen LogP contribution is -2.56. The summed E-state index contributed by atoms with van der Waals surface area (Å²) in [6.07, 6.45) is 2.62. The molecular formula is C23H29FN2O2. The van der Waals surface area contributed by atoms with E-state index in [0.29, 0.717) is 23.3 Å². The van der Waals surface area contributed by atoms with Crippen LogP contribution in [-0.4, -0.2) is 30.7 Å². The highest BCUT2D eigenvalue weighted by Gasteiger charge is 2.38. The average molecular weight is 384 g/mol. The molecule has 1 heterocycles. The van der Waals surface area contributed by atoms with Crippen LogP contribution in [0.4, 0.5) is 10.1 Å². The molecule has 2 aromatic rings. The van der Waals surface area contributed by atoms with Crippen molar-refractivity contribution in [1.82, 2.24) is 5.32 Å². The van der Waals surface area contributed by atoms with Crippen LogP contribution in [0, 0.1) is 12.7 Å². The van der Waals surface area contributed by atoms with Gasteiger partial charge < -0.3 is 15.4 Å². The summed E-state index contributed by atoms with van der Waals surface area (Å²) in [5.41, 5.74) is 2.61. The van der Waals surface area contributed by atoms with Crippen LogP contribution in [0.2, 0.25) is 0 Å². The maximum Gasteiger partial charge on any atom is 0.338 e. The minimum Gasteiger partial charge on any atom is -0.465 e. The van der Waals surface area contributed by atoms with Crippen LogP contribution >= 0.6 is 0 Å². The highest BCUT2D eigenvalue weighted by Crippen LogP contribution is 2.35. The first-order valence-electron chi connectivity index (χ1n) is 9.78. The van der Waals surface area contributed by atoms with E-state index in [1.165, 1.54) is 24.8 Å². The zero-order chi connectivity index (χ0) is 20.3. The van der Waals surface area contributed by atoms with Crippen LogP contribution in [0.3, 0.4) is 0 Å². The number of benzene rings is 2. The maximum absolute atomic E-state index is 14.3. The van der Waals surface area contributed by atoms with Crippen molar-refractivity contribution in [2.45, 2.75) is 57.7 Å². The Morgan fingerprint density at radius 3 is 2.46 bits per heavy atom. The molecule has 2 N–H and O–H groups in total. The first-order valence-corrected chi connectivity index (χ1v) is 9.78. The lowest BCUT2D eigenvalue weighted by molar-refractivity contribution is 0.0599. The molecule has 150 valence electrons. The summed E-state index contributed by atoms with van der Waals surface area (Å²) >= 11 is 0. The van der Waals surface area contributed by atoms with Crippen molar-refractivity contribution < 1.29 is 13.9 Å². The molecule has 0 aliphatic carbocycles. The van der Waals surface area contributed by atoms with Gasteiger partial charge in [0.25, 0.3) is 0 Å². The van der Waals surface area contributed by atoms with Crippen molar-refractivity contribution in [2.24, 2.45) is 0 Å². The fourth-order valence-corrected chi connectivity index (χ4v) is 4.55.